The van der Waals surface area contributed by atoms with E-state index >= 15 is 0 Å². The van der Waals surface area contributed by atoms with Crippen molar-refractivity contribution in [3.63, 3.8) is 0 Å². The van der Waals surface area contributed by atoms with E-state index in [-0.39, 0.29) is 25.4 Å². The van der Waals surface area contributed by atoms with E-state index in [1.165, 1.54) is 4.90 Å². The summed E-state index contributed by atoms with van der Waals surface area (Å²) in [4.78, 5) is 54.9. The zero-order valence-electron chi connectivity index (χ0n) is 29.8. The van der Waals surface area contributed by atoms with Crippen LogP contribution in [0.2, 0.25) is 0 Å². The molecule has 2 aromatic carbocycles. The number of hydrogen-bond donors (Lipinski definition) is 0. The first-order valence-corrected chi connectivity index (χ1v) is 16.6. The Morgan fingerprint density at radius 2 is 1.59 bits per heavy atom. The number of aryl methyl sites for hydroxylation is 1. The van der Waals surface area contributed by atoms with E-state index in [2.05, 4.69) is 10.1 Å². The Balaban J connectivity index is 1.35. The van der Waals surface area contributed by atoms with Crippen molar-refractivity contribution < 1.29 is 28.6 Å². The molecule has 0 spiro atoms. The maximum Gasteiger partial charge on any atom is 0.435 e. The Morgan fingerprint density at radius 3 is 2.29 bits per heavy atom. The second-order valence-electron chi connectivity index (χ2n) is 14.4. The molecule has 12 nitrogen and oxygen atoms in total. The van der Waals surface area contributed by atoms with Crippen molar-refractivity contribution in [3.8, 4) is 22.5 Å². The molecular formula is C39H40N6O6. The fraction of sp³-hybridized carbons (Fsp3) is 0.308. The third kappa shape index (κ3) is 8.35. The molecule has 0 aliphatic carbocycles. The standard InChI is InChI=1S/C39H40N6O6/c1-24-15-28(19-40-18-24)33(46)17-25-9-8-10-27(16-25)34-42-32-23-49-22-31(32)35(43-34)45(37(48)51-39(5,6)7)30-13-11-26(12-14-30)29-20-41-44(21-29)36(47)50-38(2,3)4/h8-16,18-21H,17,22-23H2,1-7H3. The quantitative estimate of drug-likeness (QED) is 0.155. The lowest BCUT2D eigenvalue weighted by atomic mass is 10.0. The number of hydrogen-bond acceptors (Lipinski definition) is 10. The van der Waals surface area contributed by atoms with Gasteiger partial charge in [-0.2, -0.15) is 9.78 Å². The number of rotatable bonds is 7. The van der Waals surface area contributed by atoms with Crippen molar-refractivity contribution in [2.45, 2.75) is 79.3 Å². The Bertz CT molecular complexity index is 2110. The molecule has 6 rings (SSSR count). The van der Waals surface area contributed by atoms with Crippen LogP contribution < -0.4 is 4.90 Å². The Hall–Kier alpha value is -5.75. The molecule has 51 heavy (non-hydrogen) atoms. The van der Waals surface area contributed by atoms with E-state index in [4.69, 9.17) is 24.2 Å². The maximum absolute atomic E-state index is 14.0. The van der Waals surface area contributed by atoms with E-state index in [1.54, 1.807) is 78.5 Å². The molecule has 0 saturated heterocycles. The first-order chi connectivity index (χ1) is 24.1. The van der Waals surface area contributed by atoms with Gasteiger partial charge in [0.25, 0.3) is 0 Å². The highest BCUT2D eigenvalue weighted by atomic mass is 16.6. The molecule has 12 heteroatoms. The van der Waals surface area contributed by atoms with Crippen LogP contribution in [0.25, 0.3) is 22.5 Å². The SMILES string of the molecule is Cc1cncc(C(=O)Cc2cccc(-c3nc4c(c(N(C(=O)OC(C)(C)C)c5ccc(-c6cnn(C(=O)OC(C)(C)C)c6)cc5)n3)COC4)c2)c1. The van der Waals surface area contributed by atoms with Gasteiger partial charge in [-0.15, -0.1) is 0 Å². The molecule has 0 bridgehead atoms. The molecule has 1 amide bonds. The van der Waals surface area contributed by atoms with Crippen LogP contribution in [-0.4, -0.2) is 53.9 Å². The maximum atomic E-state index is 14.0. The van der Waals surface area contributed by atoms with E-state index in [0.717, 1.165) is 21.4 Å². The summed E-state index contributed by atoms with van der Waals surface area (Å²) in [5.41, 5.74) is 4.74. The summed E-state index contributed by atoms with van der Waals surface area (Å²) < 4.78 is 18.3. The van der Waals surface area contributed by atoms with Gasteiger partial charge in [0, 0.05) is 47.3 Å². The van der Waals surface area contributed by atoms with Crippen molar-refractivity contribution in [1.82, 2.24) is 24.7 Å². The molecule has 5 aromatic rings. The monoisotopic (exact) mass is 688 g/mol. The zero-order chi connectivity index (χ0) is 36.5. The number of ether oxygens (including phenoxy) is 3. The molecular weight excluding hydrogens is 648 g/mol. The highest BCUT2D eigenvalue weighted by Gasteiger charge is 2.32. The zero-order valence-corrected chi connectivity index (χ0v) is 29.8. The summed E-state index contributed by atoms with van der Waals surface area (Å²) in [5, 5.41) is 4.17. The fourth-order valence-corrected chi connectivity index (χ4v) is 5.47. The normalized spacial score (nSPS) is 12.7. The second-order valence-corrected chi connectivity index (χ2v) is 14.4. The molecule has 3 aromatic heterocycles. The van der Waals surface area contributed by atoms with Crippen LogP contribution in [0, 0.1) is 6.92 Å². The minimum atomic E-state index is -0.797. The molecule has 0 radical (unpaired) electrons. The van der Waals surface area contributed by atoms with Gasteiger partial charge in [-0.05, 0) is 89.4 Å². The van der Waals surface area contributed by atoms with Crippen LogP contribution in [0.4, 0.5) is 21.1 Å². The van der Waals surface area contributed by atoms with Gasteiger partial charge in [-0.3, -0.25) is 9.78 Å². The molecule has 0 fully saturated rings. The minimum absolute atomic E-state index is 0.0518. The Morgan fingerprint density at radius 1 is 0.843 bits per heavy atom. The van der Waals surface area contributed by atoms with Gasteiger partial charge in [0.2, 0.25) is 0 Å². The Labute approximate surface area is 296 Å². The molecule has 1 aliphatic heterocycles. The Kier molecular flexibility index (Phi) is 9.54. The average Bonchev–Trinajstić information content (AvgIpc) is 3.75. The van der Waals surface area contributed by atoms with Gasteiger partial charge in [0.15, 0.2) is 17.4 Å². The van der Waals surface area contributed by atoms with Crippen molar-refractivity contribution in [2.24, 2.45) is 0 Å². The lowest BCUT2D eigenvalue weighted by molar-refractivity contribution is 0.0513. The second kappa shape index (κ2) is 13.9. The molecule has 0 N–H and O–H groups in total. The molecule has 0 saturated carbocycles. The number of anilines is 2. The van der Waals surface area contributed by atoms with E-state index in [0.29, 0.717) is 45.3 Å². The van der Waals surface area contributed by atoms with Gasteiger partial charge < -0.3 is 14.2 Å². The number of aromatic nitrogens is 5. The van der Waals surface area contributed by atoms with Gasteiger partial charge in [0.1, 0.15) is 11.2 Å². The van der Waals surface area contributed by atoms with Crippen molar-refractivity contribution in [2.75, 3.05) is 4.90 Å². The van der Waals surface area contributed by atoms with Crippen LogP contribution in [0.5, 0.6) is 0 Å². The van der Waals surface area contributed by atoms with Gasteiger partial charge in [0.05, 0.1) is 30.8 Å². The van der Waals surface area contributed by atoms with Crippen molar-refractivity contribution in [1.29, 1.82) is 0 Å². The van der Waals surface area contributed by atoms with E-state index in [1.807, 2.05) is 49.4 Å². The summed E-state index contributed by atoms with van der Waals surface area (Å²) in [6.07, 6.45) is 5.41. The van der Waals surface area contributed by atoms with Crippen LogP contribution in [0.1, 0.15) is 74.3 Å². The third-order valence-corrected chi connectivity index (χ3v) is 7.71. The number of pyridine rings is 1. The first kappa shape index (κ1) is 35.1. The number of ketones is 1. The largest absolute Gasteiger partial charge is 0.443 e. The summed E-state index contributed by atoms with van der Waals surface area (Å²) in [7, 11) is 0. The minimum Gasteiger partial charge on any atom is -0.443 e. The lowest BCUT2D eigenvalue weighted by Crippen LogP contribution is -2.35. The highest BCUT2D eigenvalue weighted by molar-refractivity contribution is 5.98. The van der Waals surface area contributed by atoms with Crippen LogP contribution in [-0.2, 0) is 33.8 Å². The summed E-state index contributed by atoms with van der Waals surface area (Å²) in [6.45, 7) is 13.1. The first-order valence-electron chi connectivity index (χ1n) is 16.6. The van der Waals surface area contributed by atoms with E-state index in [9.17, 15) is 14.4 Å². The van der Waals surface area contributed by atoms with Gasteiger partial charge >= 0.3 is 12.2 Å². The molecule has 0 unspecified atom stereocenters. The number of nitrogens with zero attached hydrogens (tertiary/aromatic N) is 6. The fourth-order valence-electron chi connectivity index (χ4n) is 5.47. The number of carbonyl (C=O) groups excluding carboxylic acids is 3. The summed E-state index contributed by atoms with van der Waals surface area (Å²) >= 11 is 0. The number of benzene rings is 2. The summed E-state index contributed by atoms with van der Waals surface area (Å²) in [5.74, 6) is 0.657. The van der Waals surface area contributed by atoms with E-state index < -0.39 is 23.4 Å². The average molecular weight is 689 g/mol. The van der Waals surface area contributed by atoms with Crippen LogP contribution in [0.15, 0.2) is 79.4 Å². The van der Waals surface area contributed by atoms with Gasteiger partial charge in [-0.1, -0.05) is 30.3 Å². The number of amides is 1. The summed E-state index contributed by atoms with van der Waals surface area (Å²) in [6, 6.07) is 16.5. The third-order valence-electron chi connectivity index (χ3n) is 7.71. The van der Waals surface area contributed by atoms with Crippen LogP contribution >= 0.6 is 0 Å². The van der Waals surface area contributed by atoms with Crippen molar-refractivity contribution in [3.05, 3.63) is 107 Å². The van der Waals surface area contributed by atoms with Gasteiger partial charge in [-0.25, -0.2) is 24.5 Å². The molecule has 1 aliphatic rings. The smallest absolute Gasteiger partial charge is 0.435 e. The molecule has 0 atom stereocenters. The van der Waals surface area contributed by atoms with Crippen LogP contribution in [0.3, 0.4) is 0 Å². The predicted octanol–water partition coefficient (Wildman–Crippen LogP) is 8.02. The highest BCUT2D eigenvalue weighted by Crippen LogP contribution is 2.36. The van der Waals surface area contributed by atoms with Crippen molar-refractivity contribution >= 4 is 29.5 Å². The molecule has 4 heterocycles. The predicted molar refractivity (Wildman–Crippen MR) is 191 cm³/mol. The number of Topliss-reactive ketones (excluding diaryl/α,β-unsaturated/α-hetero) is 1. The topological polar surface area (TPSA) is 139 Å². The lowest BCUT2D eigenvalue weighted by Gasteiger charge is -2.28. The number of fused-ring (bicyclic) bond motifs is 1. The molecule has 262 valence electrons. The number of carbonyl (C=O) groups is 3.